The number of thioether (sulfide) groups is 1. The second kappa shape index (κ2) is 8.84. The van der Waals surface area contributed by atoms with Crippen molar-refractivity contribution in [2.24, 2.45) is 0 Å². The number of benzene rings is 3. The minimum atomic E-state index is -0.0133. The number of carbonyl (C=O) groups excluding carboxylic acids is 1. The highest BCUT2D eigenvalue weighted by Crippen LogP contribution is 2.25. The molecule has 0 radical (unpaired) electrons. The van der Waals surface area contributed by atoms with Crippen molar-refractivity contribution in [3.63, 3.8) is 0 Å². The number of hydrogen-bond donors (Lipinski definition) is 1. The first-order valence-corrected chi connectivity index (χ1v) is 10.2. The second-order valence-corrected chi connectivity index (χ2v) is 7.55. The van der Waals surface area contributed by atoms with Crippen molar-refractivity contribution in [2.75, 3.05) is 18.2 Å². The number of nitrogens with zero attached hydrogens (tertiary/aromatic N) is 1. The standard InChI is InChI=1S/C23H20N2O3S/c1-27-18-10-12-19(13-11-18)29-15-14-22(26)24-17-8-6-16(7-9-17)23-25-20-4-2-3-5-21(20)28-23/h2-13H,14-15H2,1H3,(H,24,26). The van der Waals surface area contributed by atoms with Crippen LogP contribution in [0.1, 0.15) is 6.42 Å². The van der Waals surface area contributed by atoms with Crippen LogP contribution in [-0.4, -0.2) is 23.8 Å². The third-order valence-corrected chi connectivity index (χ3v) is 5.38. The Balaban J connectivity index is 1.30. The van der Waals surface area contributed by atoms with Crippen LogP contribution in [0.15, 0.2) is 82.1 Å². The maximum absolute atomic E-state index is 12.2. The van der Waals surface area contributed by atoms with Gasteiger partial charge in [-0.25, -0.2) is 4.98 Å². The third kappa shape index (κ3) is 4.78. The predicted molar refractivity (Wildman–Crippen MR) is 116 cm³/mol. The van der Waals surface area contributed by atoms with Crippen molar-refractivity contribution >= 4 is 34.5 Å². The molecule has 0 atom stereocenters. The number of methoxy groups -OCH3 is 1. The van der Waals surface area contributed by atoms with E-state index in [1.54, 1.807) is 18.9 Å². The quantitative estimate of drug-likeness (QED) is 0.405. The van der Waals surface area contributed by atoms with Gasteiger partial charge in [0, 0.05) is 28.3 Å². The first-order valence-electron chi connectivity index (χ1n) is 9.24. The lowest BCUT2D eigenvalue weighted by Gasteiger charge is -2.06. The number of hydrogen-bond acceptors (Lipinski definition) is 5. The monoisotopic (exact) mass is 404 g/mol. The van der Waals surface area contributed by atoms with Crippen molar-refractivity contribution in [1.82, 2.24) is 4.98 Å². The van der Waals surface area contributed by atoms with Crippen LogP contribution in [-0.2, 0) is 4.79 Å². The largest absolute Gasteiger partial charge is 0.497 e. The number of para-hydroxylation sites is 2. The summed E-state index contributed by atoms with van der Waals surface area (Å²) in [6.07, 6.45) is 0.434. The lowest BCUT2D eigenvalue weighted by Crippen LogP contribution is -2.12. The van der Waals surface area contributed by atoms with E-state index in [1.165, 1.54) is 0 Å². The molecular formula is C23H20N2O3S. The average Bonchev–Trinajstić information content (AvgIpc) is 3.19. The van der Waals surface area contributed by atoms with Gasteiger partial charge in [-0.2, -0.15) is 0 Å². The van der Waals surface area contributed by atoms with E-state index in [9.17, 15) is 4.79 Å². The summed E-state index contributed by atoms with van der Waals surface area (Å²) in [5.41, 5.74) is 3.21. The van der Waals surface area contributed by atoms with Crippen LogP contribution in [0.3, 0.4) is 0 Å². The zero-order chi connectivity index (χ0) is 20.1. The Kier molecular flexibility index (Phi) is 5.81. The van der Waals surface area contributed by atoms with Crippen LogP contribution in [0.4, 0.5) is 5.69 Å². The van der Waals surface area contributed by atoms with E-state index in [0.717, 1.165) is 33.0 Å². The molecule has 0 saturated heterocycles. The lowest BCUT2D eigenvalue weighted by atomic mass is 10.2. The number of fused-ring (bicyclic) bond motifs is 1. The number of amides is 1. The van der Waals surface area contributed by atoms with Crippen molar-refractivity contribution in [1.29, 1.82) is 0 Å². The predicted octanol–water partition coefficient (Wildman–Crippen LogP) is 5.62. The van der Waals surface area contributed by atoms with Crippen molar-refractivity contribution in [3.05, 3.63) is 72.8 Å². The molecule has 0 bridgehead atoms. The number of ether oxygens (including phenoxy) is 1. The maximum Gasteiger partial charge on any atom is 0.227 e. The van der Waals surface area contributed by atoms with Gasteiger partial charge in [0.25, 0.3) is 0 Å². The van der Waals surface area contributed by atoms with Gasteiger partial charge < -0.3 is 14.5 Å². The van der Waals surface area contributed by atoms with Gasteiger partial charge in [0.05, 0.1) is 7.11 Å². The van der Waals surface area contributed by atoms with Gasteiger partial charge in [-0.1, -0.05) is 12.1 Å². The first kappa shape index (κ1) is 19.1. The Labute approximate surface area is 173 Å². The van der Waals surface area contributed by atoms with Crippen LogP contribution in [0.25, 0.3) is 22.6 Å². The summed E-state index contributed by atoms with van der Waals surface area (Å²) in [5, 5.41) is 2.93. The average molecular weight is 404 g/mol. The molecule has 4 aromatic rings. The van der Waals surface area contributed by atoms with Gasteiger partial charge in [-0.05, 0) is 60.7 Å². The molecular weight excluding hydrogens is 384 g/mol. The molecule has 0 fully saturated rings. The Morgan fingerprint density at radius 1 is 1.03 bits per heavy atom. The van der Waals surface area contributed by atoms with E-state index in [0.29, 0.717) is 18.1 Å². The first-order chi connectivity index (χ1) is 14.2. The Bertz CT molecular complexity index is 1070. The van der Waals surface area contributed by atoms with E-state index in [-0.39, 0.29) is 5.91 Å². The fraction of sp³-hybridized carbons (Fsp3) is 0.130. The summed E-state index contributed by atoms with van der Waals surface area (Å²) >= 11 is 1.64. The fourth-order valence-electron chi connectivity index (χ4n) is 2.85. The fourth-order valence-corrected chi connectivity index (χ4v) is 3.70. The molecule has 0 spiro atoms. The molecule has 1 amide bonds. The topological polar surface area (TPSA) is 64.4 Å². The molecule has 0 unspecified atom stereocenters. The molecule has 146 valence electrons. The number of oxazole rings is 1. The highest BCUT2D eigenvalue weighted by molar-refractivity contribution is 7.99. The summed E-state index contributed by atoms with van der Waals surface area (Å²) in [6, 6.07) is 23.0. The van der Waals surface area contributed by atoms with Crippen LogP contribution >= 0.6 is 11.8 Å². The Morgan fingerprint density at radius 3 is 2.52 bits per heavy atom. The van der Waals surface area contributed by atoms with E-state index in [1.807, 2.05) is 72.8 Å². The smallest absolute Gasteiger partial charge is 0.227 e. The van der Waals surface area contributed by atoms with Crippen molar-refractivity contribution < 1.29 is 13.9 Å². The van der Waals surface area contributed by atoms with Crippen molar-refractivity contribution in [2.45, 2.75) is 11.3 Å². The normalized spacial score (nSPS) is 10.8. The SMILES string of the molecule is COc1ccc(SCCC(=O)Nc2ccc(-c3nc4ccccc4o3)cc2)cc1. The van der Waals surface area contributed by atoms with Gasteiger partial charge in [0.2, 0.25) is 11.8 Å². The molecule has 1 heterocycles. The summed E-state index contributed by atoms with van der Waals surface area (Å²) in [5.74, 6) is 2.09. The molecule has 0 aliphatic carbocycles. The maximum atomic E-state index is 12.2. The minimum Gasteiger partial charge on any atom is -0.497 e. The summed E-state index contributed by atoms with van der Waals surface area (Å²) in [6.45, 7) is 0. The number of aromatic nitrogens is 1. The van der Waals surface area contributed by atoms with Gasteiger partial charge in [-0.15, -0.1) is 11.8 Å². The molecule has 1 N–H and O–H groups in total. The Morgan fingerprint density at radius 2 is 1.79 bits per heavy atom. The van der Waals surface area contributed by atoms with Gasteiger partial charge in [0.1, 0.15) is 11.3 Å². The second-order valence-electron chi connectivity index (χ2n) is 6.39. The molecule has 29 heavy (non-hydrogen) atoms. The summed E-state index contributed by atoms with van der Waals surface area (Å²) < 4.78 is 10.9. The van der Waals surface area contributed by atoms with E-state index in [2.05, 4.69) is 10.3 Å². The number of anilines is 1. The van der Waals surface area contributed by atoms with Crippen LogP contribution in [0, 0.1) is 0 Å². The van der Waals surface area contributed by atoms with Gasteiger partial charge in [0.15, 0.2) is 5.58 Å². The van der Waals surface area contributed by atoms with E-state index < -0.39 is 0 Å². The Hall–Kier alpha value is -3.25. The highest BCUT2D eigenvalue weighted by Gasteiger charge is 2.08. The van der Waals surface area contributed by atoms with Gasteiger partial charge in [-0.3, -0.25) is 4.79 Å². The lowest BCUT2D eigenvalue weighted by molar-refractivity contribution is -0.115. The highest BCUT2D eigenvalue weighted by atomic mass is 32.2. The molecule has 0 aliphatic rings. The van der Waals surface area contributed by atoms with Crippen LogP contribution in [0.2, 0.25) is 0 Å². The summed E-state index contributed by atoms with van der Waals surface area (Å²) in [4.78, 5) is 17.8. The molecule has 6 heteroatoms. The number of rotatable bonds is 7. The van der Waals surface area contributed by atoms with Gasteiger partial charge >= 0.3 is 0 Å². The number of carbonyl (C=O) groups is 1. The molecule has 3 aromatic carbocycles. The molecule has 0 aliphatic heterocycles. The van der Waals surface area contributed by atoms with E-state index >= 15 is 0 Å². The zero-order valence-corrected chi connectivity index (χ0v) is 16.7. The van der Waals surface area contributed by atoms with E-state index in [4.69, 9.17) is 9.15 Å². The van der Waals surface area contributed by atoms with Crippen LogP contribution < -0.4 is 10.1 Å². The minimum absolute atomic E-state index is 0.0133. The van der Waals surface area contributed by atoms with Crippen LogP contribution in [0.5, 0.6) is 5.75 Å². The molecule has 4 rings (SSSR count). The molecule has 0 saturated carbocycles. The zero-order valence-electron chi connectivity index (χ0n) is 15.9. The summed E-state index contributed by atoms with van der Waals surface area (Å²) in [7, 11) is 1.65. The third-order valence-electron chi connectivity index (χ3n) is 4.37. The number of nitrogens with one attached hydrogen (secondary N) is 1. The molecule has 5 nitrogen and oxygen atoms in total. The van der Waals surface area contributed by atoms with Crippen molar-refractivity contribution in [3.8, 4) is 17.2 Å². The molecule has 1 aromatic heterocycles.